The molecule has 0 saturated carbocycles. The molecule has 13 rings (SSSR count). The number of fused-ring (bicyclic) bond motifs is 9. The van der Waals surface area contributed by atoms with Gasteiger partial charge in [0.05, 0.1) is 16.6 Å². The van der Waals surface area contributed by atoms with Crippen LogP contribution in [0.1, 0.15) is 17.9 Å². The predicted octanol–water partition coefficient (Wildman–Crippen LogP) is 15.0. The maximum absolute atomic E-state index is 6.83. The lowest BCUT2D eigenvalue weighted by atomic mass is 9.87. The van der Waals surface area contributed by atoms with Crippen LogP contribution in [0.25, 0.3) is 117 Å². The van der Waals surface area contributed by atoms with E-state index >= 15 is 0 Å². The summed E-state index contributed by atoms with van der Waals surface area (Å²) in [5.41, 5.74) is 12.8. The molecule has 63 heavy (non-hydrogen) atoms. The van der Waals surface area contributed by atoms with Crippen LogP contribution in [0.3, 0.4) is 0 Å². The number of nitrogens with zero attached hydrogens (tertiary/aromatic N) is 4. The maximum Gasteiger partial charge on any atom is 0.167 e. The molecular formula is C57H36N4O2. The highest BCUT2D eigenvalue weighted by molar-refractivity contribution is 6.14. The molecule has 1 aliphatic carbocycles. The van der Waals surface area contributed by atoms with Gasteiger partial charge in [0.2, 0.25) is 0 Å². The molecule has 1 atom stereocenters. The fourth-order valence-electron chi connectivity index (χ4n) is 9.70. The summed E-state index contributed by atoms with van der Waals surface area (Å²) < 4.78 is 15.5. The summed E-state index contributed by atoms with van der Waals surface area (Å²) in [4.78, 5) is 15.5. The number of furan rings is 2. The average molecular weight is 809 g/mol. The lowest BCUT2D eigenvalue weighted by molar-refractivity contribution is 0.668. The molecule has 1 unspecified atom stereocenters. The summed E-state index contributed by atoms with van der Waals surface area (Å²) in [5, 5.41) is 6.51. The highest BCUT2D eigenvalue weighted by Gasteiger charge is 2.24. The second kappa shape index (κ2) is 14.1. The topological polar surface area (TPSA) is 69.9 Å². The lowest BCUT2D eigenvalue weighted by Gasteiger charge is -2.18. The fraction of sp³-hybridized carbons (Fsp3) is 0.0351. The molecule has 296 valence electrons. The van der Waals surface area contributed by atoms with Crippen molar-refractivity contribution in [2.75, 3.05) is 0 Å². The molecule has 8 aromatic carbocycles. The van der Waals surface area contributed by atoms with Crippen molar-refractivity contribution in [3.63, 3.8) is 0 Å². The number of benzene rings is 8. The number of hydrogen-bond acceptors (Lipinski definition) is 5. The molecule has 0 N–H and O–H groups in total. The third-order valence-corrected chi connectivity index (χ3v) is 12.6. The van der Waals surface area contributed by atoms with Crippen LogP contribution in [0.4, 0.5) is 0 Å². The van der Waals surface area contributed by atoms with Crippen molar-refractivity contribution in [3.8, 4) is 51.0 Å². The van der Waals surface area contributed by atoms with Gasteiger partial charge in [0.25, 0.3) is 0 Å². The molecule has 6 nitrogen and oxygen atoms in total. The highest BCUT2D eigenvalue weighted by Crippen LogP contribution is 2.44. The third-order valence-electron chi connectivity index (χ3n) is 12.6. The van der Waals surface area contributed by atoms with Gasteiger partial charge in [-0.2, -0.15) is 0 Å². The van der Waals surface area contributed by atoms with Crippen LogP contribution in [-0.4, -0.2) is 19.5 Å². The molecule has 0 amide bonds. The summed E-state index contributed by atoms with van der Waals surface area (Å²) in [7, 11) is 0. The van der Waals surface area contributed by atoms with Crippen molar-refractivity contribution in [3.05, 3.63) is 206 Å². The van der Waals surface area contributed by atoms with Gasteiger partial charge in [-0.3, -0.25) is 0 Å². The lowest BCUT2D eigenvalue weighted by Crippen LogP contribution is -2.00. The molecular weight excluding hydrogens is 773 g/mol. The number of allylic oxidation sites excluding steroid dienone is 4. The molecule has 0 spiro atoms. The van der Waals surface area contributed by atoms with Gasteiger partial charge >= 0.3 is 0 Å². The van der Waals surface area contributed by atoms with Gasteiger partial charge in [-0.25, -0.2) is 15.0 Å². The Bertz CT molecular complexity index is 3840. The van der Waals surface area contributed by atoms with Crippen LogP contribution in [0.2, 0.25) is 0 Å². The van der Waals surface area contributed by atoms with E-state index in [1.54, 1.807) is 0 Å². The first kappa shape index (κ1) is 35.4. The van der Waals surface area contributed by atoms with Crippen molar-refractivity contribution in [1.82, 2.24) is 19.5 Å². The Labute approximate surface area is 361 Å². The van der Waals surface area contributed by atoms with Crippen LogP contribution in [-0.2, 0) is 0 Å². The average Bonchev–Trinajstić information content (AvgIpc) is 4.04. The monoisotopic (exact) mass is 808 g/mol. The normalized spacial score (nSPS) is 14.0. The van der Waals surface area contributed by atoms with Crippen LogP contribution >= 0.6 is 0 Å². The Morgan fingerprint density at radius 1 is 0.444 bits per heavy atom. The number of para-hydroxylation sites is 3. The van der Waals surface area contributed by atoms with Crippen molar-refractivity contribution in [1.29, 1.82) is 0 Å². The van der Waals surface area contributed by atoms with Gasteiger partial charge in [0, 0.05) is 55.0 Å². The van der Waals surface area contributed by atoms with Gasteiger partial charge < -0.3 is 13.4 Å². The minimum atomic E-state index is 0.268. The molecule has 0 fully saturated rings. The first-order valence-electron chi connectivity index (χ1n) is 21.4. The Balaban J connectivity index is 1.02. The smallest absolute Gasteiger partial charge is 0.167 e. The minimum absolute atomic E-state index is 0.268. The van der Waals surface area contributed by atoms with E-state index in [0.29, 0.717) is 17.5 Å². The quantitative estimate of drug-likeness (QED) is 0.167. The molecule has 0 bridgehead atoms. The molecule has 0 aliphatic heterocycles. The Morgan fingerprint density at radius 3 is 1.97 bits per heavy atom. The zero-order valence-corrected chi connectivity index (χ0v) is 33.9. The van der Waals surface area contributed by atoms with Crippen LogP contribution in [0, 0.1) is 0 Å². The SMILES string of the molecule is C1=CCC(c2cc(-c3ccccc3)cc3c2c2ccccc2n3-c2ccc3oc4c(-c5nc(-c6ccccc6)nc(-c6cccc7oc8ccccc8c67)n5)cccc4c3c2)C=C1. The summed E-state index contributed by atoms with van der Waals surface area (Å²) >= 11 is 0. The molecule has 1 aliphatic rings. The van der Waals surface area contributed by atoms with Gasteiger partial charge in [-0.15, -0.1) is 0 Å². The minimum Gasteiger partial charge on any atom is -0.456 e. The van der Waals surface area contributed by atoms with Crippen LogP contribution in [0.15, 0.2) is 209 Å². The van der Waals surface area contributed by atoms with Crippen LogP contribution < -0.4 is 0 Å². The van der Waals surface area contributed by atoms with E-state index in [4.69, 9.17) is 23.8 Å². The molecule has 4 heterocycles. The van der Waals surface area contributed by atoms with E-state index in [-0.39, 0.29) is 5.92 Å². The second-order valence-corrected chi connectivity index (χ2v) is 16.2. The van der Waals surface area contributed by atoms with E-state index in [1.165, 1.54) is 33.0 Å². The molecule has 6 heteroatoms. The standard InChI is InChI=1S/C57H36N4O2/c1-4-16-35(17-5-1)38-32-45(36-18-6-2-7-19-36)52-41-22-10-12-27-47(41)61(48(52)33-38)39-30-31-50-46(34-39)40-24-14-26-44(54(40)63-50)57-59-55(37-20-8-3-9-21-37)58-56(60-57)43-25-15-29-51-53(43)42-23-11-13-28-49(42)62-51/h1-18,20-34,36H,19H2. The number of hydrogen-bond donors (Lipinski definition) is 0. The largest absolute Gasteiger partial charge is 0.456 e. The van der Waals surface area contributed by atoms with Gasteiger partial charge in [0.1, 0.15) is 22.3 Å². The maximum atomic E-state index is 6.83. The first-order valence-corrected chi connectivity index (χ1v) is 21.4. The molecule has 4 aromatic heterocycles. The molecule has 12 aromatic rings. The number of aromatic nitrogens is 4. The molecule has 0 radical (unpaired) electrons. The van der Waals surface area contributed by atoms with Crippen molar-refractivity contribution in [2.24, 2.45) is 0 Å². The van der Waals surface area contributed by atoms with Crippen molar-refractivity contribution >= 4 is 65.7 Å². The second-order valence-electron chi connectivity index (χ2n) is 16.2. The van der Waals surface area contributed by atoms with E-state index < -0.39 is 0 Å². The highest BCUT2D eigenvalue weighted by atomic mass is 16.3. The summed E-state index contributed by atoms with van der Waals surface area (Å²) in [6, 6.07) is 61.3. The Kier molecular flexibility index (Phi) is 7.93. The summed E-state index contributed by atoms with van der Waals surface area (Å²) in [6.07, 6.45) is 9.92. The zero-order valence-electron chi connectivity index (χ0n) is 33.9. The van der Waals surface area contributed by atoms with E-state index in [1.807, 2.05) is 66.7 Å². The van der Waals surface area contributed by atoms with E-state index in [2.05, 4.69) is 138 Å². The van der Waals surface area contributed by atoms with E-state index in [9.17, 15) is 0 Å². The number of rotatable bonds is 6. The fourth-order valence-corrected chi connectivity index (χ4v) is 9.70. The first-order chi connectivity index (χ1) is 31.2. The summed E-state index contributed by atoms with van der Waals surface area (Å²) in [5.74, 6) is 1.94. The van der Waals surface area contributed by atoms with Crippen LogP contribution in [0.5, 0.6) is 0 Å². The van der Waals surface area contributed by atoms with E-state index in [0.717, 1.165) is 78.2 Å². The van der Waals surface area contributed by atoms with Gasteiger partial charge in [0.15, 0.2) is 17.5 Å². The van der Waals surface area contributed by atoms with Gasteiger partial charge in [-0.05, 0) is 77.7 Å². The Morgan fingerprint density at radius 2 is 1.13 bits per heavy atom. The predicted molar refractivity (Wildman–Crippen MR) is 256 cm³/mol. The van der Waals surface area contributed by atoms with Crippen molar-refractivity contribution in [2.45, 2.75) is 12.3 Å². The summed E-state index contributed by atoms with van der Waals surface area (Å²) in [6.45, 7) is 0. The third kappa shape index (κ3) is 5.69. The molecule has 0 saturated heterocycles. The Hall–Kier alpha value is -8.35. The van der Waals surface area contributed by atoms with Gasteiger partial charge in [-0.1, -0.05) is 146 Å². The zero-order chi connectivity index (χ0) is 41.4. The van der Waals surface area contributed by atoms with Crippen molar-refractivity contribution < 1.29 is 8.83 Å².